The summed E-state index contributed by atoms with van der Waals surface area (Å²) < 4.78 is 45.9. The standard InChI is InChI=1S/C31H36F3N5O4S/c1-19(37-27(41)26-18-35-28(44-26)39-14-12-38(13-15-39)20(2)40)21-6-8-22(9-7-21)25-16-24(31(32,33)34)11-10-23(25)17-36-29(42)43-30(3,4)5/h6-11,16,18-19H,12-15,17H2,1-5H3,(H,36,42)(H,37,41)/t19-/m1/s1. The molecule has 1 aliphatic rings. The van der Waals surface area contributed by atoms with Crippen molar-refractivity contribution in [2.24, 2.45) is 0 Å². The Morgan fingerprint density at radius 3 is 2.27 bits per heavy atom. The first kappa shape index (κ1) is 32.8. The minimum absolute atomic E-state index is 0.0279. The van der Waals surface area contributed by atoms with Crippen LogP contribution >= 0.6 is 11.3 Å². The van der Waals surface area contributed by atoms with Crippen molar-refractivity contribution < 1.29 is 32.3 Å². The lowest BCUT2D eigenvalue weighted by Crippen LogP contribution is -2.48. The third-order valence-electron chi connectivity index (χ3n) is 7.04. The summed E-state index contributed by atoms with van der Waals surface area (Å²) in [6, 6.07) is 9.88. The van der Waals surface area contributed by atoms with Crippen molar-refractivity contribution in [3.8, 4) is 11.1 Å². The molecule has 2 aromatic carbocycles. The summed E-state index contributed by atoms with van der Waals surface area (Å²) in [6.07, 6.45) is -3.68. The third-order valence-corrected chi connectivity index (χ3v) is 8.10. The number of rotatable bonds is 7. The Kier molecular flexibility index (Phi) is 9.87. The van der Waals surface area contributed by atoms with Crippen LogP contribution in [0.1, 0.15) is 67.0 Å². The van der Waals surface area contributed by atoms with Gasteiger partial charge in [-0.2, -0.15) is 13.2 Å². The molecular weight excluding hydrogens is 595 g/mol. The molecule has 2 heterocycles. The second-order valence-electron chi connectivity index (χ2n) is 11.5. The average molecular weight is 632 g/mol. The van der Waals surface area contributed by atoms with E-state index >= 15 is 0 Å². The maximum atomic E-state index is 13.5. The van der Waals surface area contributed by atoms with Crippen molar-refractivity contribution in [2.75, 3.05) is 31.1 Å². The Hall–Kier alpha value is -4.13. The van der Waals surface area contributed by atoms with Crippen molar-refractivity contribution in [3.63, 3.8) is 0 Å². The number of piperazine rings is 1. The Morgan fingerprint density at radius 1 is 1.02 bits per heavy atom. The van der Waals surface area contributed by atoms with E-state index in [0.29, 0.717) is 52.9 Å². The number of benzene rings is 2. The first-order valence-electron chi connectivity index (χ1n) is 14.1. The minimum Gasteiger partial charge on any atom is -0.444 e. The number of anilines is 1. The number of nitrogens with one attached hydrogen (secondary N) is 2. The number of amides is 3. The summed E-state index contributed by atoms with van der Waals surface area (Å²) in [6.45, 7) is 11.0. The van der Waals surface area contributed by atoms with Crippen molar-refractivity contribution in [1.82, 2.24) is 20.5 Å². The molecule has 3 aromatic rings. The predicted molar refractivity (Wildman–Crippen MR) is 162 cm³/mol. The molecule has 44 heavy (non-hydrogen) atoms. The Labute approximate surface area is 258 Å². The minimum atomic E-state index is -4.54. The van der Waals surface area contributed by atoms with Crippen LogP contribution in [0.4, 0.5) is 23.1 Å². The summed E-state index contributed by atoms with van der Waals surface area (Å²) in [4.78, 5) is 45.4. The fraction of sp³-hybridized carbons (Fsp3) is 0.419. The van der Waals surface area contributed by atoms with Gasteiger partial charge < -0.3 is 25.2 Å². The van der Waals surface area contributed by atoms with Gasteiger partial charge in [-0.15, -0.1) is 0 Å². The van der Waals surface area contributed by atoms with E-state index in [9.17, 15) is 27.6 Å². The molecule has 0 unspecified atom stereocenters. The van der Waals surface area contributed by atoms with E-state index in [1.807, 2.05) is 11.8 Å². The summed E-state index contributed by atoms with van der Waals surface area (Å²) in [5, 5.41) is 6.27. The number of nitrogens with zero attached hydrogens (tertiary/aromatic N) is 3. The molecule has 2 N–H and O–H groups in total. The van der Waals surface area contributed by atoms with Gasteiger partial charge in [-0.3, -0.25) is 9.59 Å². The molecule has 0 aliphatic carbocycles. The van der Waals surface area contributed by atoms with Gasteiger partial charge in [-0.05, 0) is 62.1 Å². The smallest absolute Gasteiger partial charge is 0.416 e. The van der Waals surface area contributed by atoms with Crippen molar-refractivity contribution in [2.45, 2.75) is 59.0 Å². The zero-order valence-corrected chi connectivity index (χ0v) is 26.1. The summed E-state index contributed by atoms with van der Waals surface area (Å²) in [5.74, 6) is -0.252. The molecule has 1 aromatic heterocycles. The van der Waals surface area contributed by atoms with Gasteiger partial charge in [0.2, 0.25) is 5.91 Å². The number of alkyl carbamates (subject to hydrolysis) is 1. The van der Waals surface area contributed by atoms with Gasteiger partial charge in [0.05, 0.1) is 17.8 Å². The third kappa shape index (κ3) is 8.49. The molecule has 1 aliphatic heterocycles. The molecule has 0 saturated carbocycles. The highest BCUT2D eigenvalue weighted by molar-refractivity contribution is 7.17. The Balaban J connectivity index is 1.44. The zero-order chi connectivity index (χ0) is 32.2. The molecule has 0 bridgehead atoms. The summed E-state index contributed by atoms with van der Waals surface area (Å²) >= 11 is 1.28. The van der Waals surface area contributed by atoms with Crippen LogP contribution in [0, 0.1) is 0 Å². The lowest BCUT2D eigenvalue weighted by atomic mass is 9.95. The maximum Gasteiger partial charge on any atom is 0.416 e. The number of aromatic nitrogens is 1. The van der Waals surface area contributed by atoms with Crippen molar-refractivity contribution >= 4 is 34.4 Å². The number of carbonyl (C=O) groups is 3. The van der Waals surface area contributed by atoms with Crippen LogP contribution in [0.3, 0.4) is 0 Å². The lowest BCUT2D eigenvalue weighted by Gasteiger charge is -2.33. The van der Waals surface area contributed by atoms with Gasteiger partial charge in [0, 0.05) is 39.6 Å². The molecule has 0 radical (unpaired) electrons. The van der Waals surface area contributed by atoms with Crippen LogP contribution in [-0.4, -0.2) is 59.6 Å². The maximum absolute atomic E-state index is 13.5. The number of hydrogen-bond acceptors (Lipinski definition) is 7. The largest absolute Gasteiger partial charge is 0.444 e. The van der Waals surface area contributed by atoms with E-state index in [1.165, 1.54) is 23.6 Å². The SMILES string of the molecule is CC(=O)N1CCN(c2ncc(C(=O)N[C@H](C)c3ccc(-c4cc(C(F)(F)F)ccc4CNC(=O)OC(C)(C)C)cc3)s2)CC1. The molecule has 9 nitrogen and oxygen atoms in total. The highest BCUT2D eigenvalue weighted by Crippen LogP contribution is 2.35. The van der Waals surface area contributed by atoms with Crippen molar-refractivity contribution in [3.05, 3.63) is 70.2 Å². The van der Waals surface area contributed by atoms with E-state index in [4.69, 9.17) is 4.74 Å². The quantitative estimate of drug-likeness (QED) is 0.331. The first-order chi connectivity index (χ1) is 20.6. The summed E-state index contributed by atoms with van der Waals surface area (Å²) in [5.41, 5.74) is 0.568. The Bertz CT molecular complexity index is 1490. The fourth-order valence-electron chi connectivity index (χ4n) is 4.69. The normalized spacial score (nSPS) is 14.6. The number of carbonyl (C=O) groups excluding carboxylic acids is 3. The van der Waals surface area contributed by atoms with Gasteiger partial charge in [0.15, 0.2) is 5.13 Å². The molecule has 1 atom stereocenters. The van der Waals surface area contributed by atoms with E-state index < -0.39 is 29.5 Å². The van der Waals surface area contributed by atoms with Crippen LogP contribution in [-0.2, 0) is 22.3 Å². The second-order valence-corrected chi connectivity index (χ2v) is 12.6. The van der Waals surface area contributed by atoms with Gasteiger partial charge in [-0.1, -0.05) is 41.7 Å². The van der Waals surface area contributed by atoms with Crippen LogP contribution < -0.4 is 15.5 Å². The van der Waals surface area contributed by atoms with Gasteiger partial charge in [0.1, 0.15) is 10.5 Å². The molecule has 0 spiro atoms. The molecule has 1 saturated heterocycles. The predicted octanol–water partition coefficient (Wildman–Crippen LogP) is 6.01. The number of thiazole rings is 1. The van der Waals surface area contributed by atoms with Crippen LogP contribution in [0.25, 0.3) is 11.1 Å². The van der Waals surface area contributed by atoms with Gasteiger partial charge >= 0.3 is 12.3 Å². The highest BCUT2D eigenvalue weighted by Gasteiger charge is 2.31. The van der Waals surface area contributed by atoms with Crippen LogP contribution in [0.2, 0.25) is 0 Å². The number of hydrogen-bond donors (Lipinski definition) is 2. The first-order valence-corrected chi connectivity index (χ1v) is 15.0. The molecule has 3 amide bonds. The zero-order valence-electron chi connectivity index (χ0n) is 25.2. The monoisotopic (exact) mass is 631 g/mol. The molecule has 236 valence electrons. The fourth-order valence-corrected chi connectivity index (χ4v) is 5.56. The van der Waals surface area contributed by atoms with Gasteiger partial charge in [-0.25, -0.2) is 9.78 Å². The van der Waals surface area contributed by atoms with E-state index in [-0.39, 0.29) is 18.4 Å². The van der Waals surface area contributed by atoms with Crippen LogP contribution in [0.5, 0.6) is 0 Å². The average Bonchev–Trinajstić information content (AvgIpc) is 3.45. The number of alkyl halides is 3. The second kappa shape index (κ2) is 13.2. The van der Waals surface area contributed by atoms with Crippen LogP contribution in [0.15, 0.2) is 48.7 Å². The Morgan fingerprint density at radius 2 is 1.68 bits per heavy atom. The van der Waals surface area contributed by atoms with Crippen molar-refractivity contribution in [1.29, 1.82) is 0 Å². The lowest BCUT2D eigenvalue weighted by molar-refractivity contribution is -0.137. The van der Waals surface area contributed by atoms with E-state index in [1.54, 1.807) is 56.9 Å². The van der Waals surface area contributed by atoms with E-state index in [0.717, 1.165) is 17.7 Å². The number of ether oxygens (including phenoxy) is 1. The van der Waals surface area contributed by atoms with Gasteiger partial charge in [0.25, 0.3) is 5.91 Å². The highest BCUT2D eigenvalue weighted by atomic mass is 32.1. The topological polar surface area (TPSA) is 104 Å². The molecule has 4 rings (SSSR count). The number of halogens is 3. The molecule has 13 heteroatoms. The molecular formula is C31H36F3N5O4S. The summed E-state index contributed by atoms with van der Waals surface area (Å²) in [7, 11) is 0. The van der Waals surface area contributed by atoms with E-state index in [2.05, 4.69) is 15.6 Å². The molecule has 1 fully saturated rings.